The van der Waals surface area contributed by atoms with Gasteiger partial charge < -0.3 is 18.8 Å². The number of rotatable bonds is 11. The average molecular weight is 583 g/mol. The van der Waals surface area contributed by atoms with Gasteiger partial charge in [0, 0.05) is 18.6 Å². The molecule has 21 heteroatoms. The van der Waals surface area contributed by atoms with E-state index in [-0.39, 0.29) is 88.5 Å². The summed E-state index contributed by atoms with van der Waals surface area (Å²) >= 11 is 0. The van der Waals surface area contributed by atoms with Crippen molar-refractivity contribution in [3.05, 3.63) is 0 Å². The first-order valence-corrected chi connectivity index (χ1v) is 13.8. The molecule has 182 valence electrons. The fourth-order valence-corrected chi connectivity index (χ4v) is 5.03. The minimum Gasteiger partial charge on any atom is -0.748 e. The Morgan fingerprint density at radius 3 is 1.97 bits per heavy atom. The molecule has 0 bridgehead atoms. The van der Waals surface area contributed by atoms with Crippen LogP contribution >= 0.6 is 21.6 Å². The molecular formula is C13H16N2Na2O13S4. The summed E-state index contributed by atoms with van der Waals surface area (Å²) in [6, 6.07) is 0. The molecule has 1 aliphatic heterocycles. The Morgan fingerprint density at radius 1 is 1.03 bits per heavy atom. The van der Waals surface area contributed by atoms with Crippen LogP contribution in [0.25, 0.3) is 0 Å². The van der Waals surface area contributed by atoms with Crippen LogP contribution in [-0.4, -0.2) is 95.3 Å². The normalized spacial score (nSPS) is 15.7. The van der Waals surface area contributed by atoms with E-state index in [0.29, 0.717) is 5.06 Å². The van der Waals surface area contributed by atoms with E-state index in [9.17, 15) is 49.9 Å². The molecule has 1 heterocycles. The van der Waals surface area contributed by atoms with E-state index in [1.54, 1.807) is 0 Å². The van der Waals surface area contributed by atoms with Gasteiger partial charge in [0.2, 0.25) is 0 Å². The third kappa shape index (κ3) is 13.4. The molecule has 0 aromatic heterocycles. The monoisotopic (exact) mass is 582 g/mol. The predicted octanol–water partition coefficient (Wildman–Crippen LogP) is -8.25. The predicted molar refractivity (Wildman–Crippen MR) is 104 cm³/mol. The van der Waals surface area contributed by atoms with Gasteiger partial charge in [-0.1, -0.05) is 21.6 Å². The van der Waals surface area contributed by atoms with Crippen molar-refractivity contribution in [2.75, 3.05) is 24.3 Å². The summed E-state index contributed by atoms with van der Waals surface area (Å²) in [5.74, 6) is -6.80. The molecule has 1 aliphatic rings. The Kier molecular flexibility index (Phi) is 17.1. The molecule has 0 aromatic rings. The molecule has 1 rings (SSSR count). The molecule has 0 saturated carbocycles. The number of hydroxylamine groups is 4. The van der Waals surface area contributed by atoms with Crippen LogP contribution in [0.2, 0.25) is 0 Å². The number of hydrogen-bond acceptors (Lipinski definition) is 15. The van der Waals surface area contributed by atoms with Gasteiger partial charge in [-0.3, -0.25) is 14.4 Å². The van der Waals surface area contributed by atoms with E-state index in [1.807, 2.05) is 0 Å². The van der Waals surface area contributed by atoms with Gasteiger partial charge in [0.05, 0.1) is 19.3 Å². The molecule has 0 spiro atoms. The van der Waals surface area contributed by atoms with E-state index >= 15 is 0 Å². The van der Waals surface area contributed by atoms with E-state index in [0.717, 1.165) is 28.6 Å². The standard InChI is InChI=1S/C13H18N2O13S4.2Na/c1-14(10(17)7-31(21,22)23)27-11(18)2-4-29-30-5-3-12(19)28-15-9(16)6-8(13(15)20)32(24,25)26;;/h8H,2-7H2,1H3,(H,21,22,23)(H,24,25,26);;/q;2*+1/p-2. The minimum atomic E-state index is -5.07. The van der Waals surface area contributed by atoms with Crippen molar-refractivity contribution in [2.24, 2.45) is 0 Å². The Hall–Kier alpha value is 0.0700. The maximum atomic E-state index is 11.7. The van der Waals surface area contributed by atoms with Crippen molar-refractivity contribution in [3.63, 3.8) is 0 Å². The zero-order chi connectivity index (χ0) is 24.7. The molecule has 0 N–H and O–H groups in total. The van der Waals surface area contributed by atoms with Gasteiger partial charge in [0.15, 0.2) is 0 Å². The zero-order valence-electron chi connectivity index (χ0n) is 18.2. The average Bonchev–Trinajstić information content (AvgIpc) is 2.91. The first-order valence-electron chi connectivity index (χ1n) is 8.29. The molecule has 34 heavy (non-hydrogen) atoms. The summed E-state index contributed by atoms with van der Waals surface area (Å²) < 4.78 is 64.1. The molecule has 1 saturated heterocycles. The van der Waals surface area contributed by atoms with E-state index in [4.69, 9.17) is 0 Å². The third-order valence-electron chi connectivity index (χ3n) is 3.36. The van der Waals surface area contributed by atoms with Crippen molar-refractivity contribution in [2.45, 2.75) is 24.5 Å². The fraction of sp³-hybridized carbons (Fsp3) is 0.615. The second-order valence-corrected chi connectivity index (χ2v) is 11.5. The first kappa shape index (κ1) is 36.2. The van der Waals surface area contributed by atoms with Crippen molar-refractivity contribution < 1.29 is 119 Å². The molecule has 1 atom stereocenters. The number of amides is 3. The third-order valence-corrected chi connectivity index (χ3v) is 7.43. The maximum absolute atomic E-state index is 11.7. The summed E-state index contributed by atoms with van der Waals surface area (Å²) in [5, 5.41) is -1.85. The number of carbonyl (C=O) groups is 5. The van der Waals surface area contributed by atoms with Crippen molar-refractivity contribution in [1.82, 2.24) is 10.1 Å². The number of hydrogen-bond donors (Lipinski definition) is 0. The first-order chi connectivity index (χ1) is 14.6. The summed E-state index contributed by atoms with van der Waals surface area (Å²) in [6.07, 6.45) is -1.41. The van der Waals surface area contributed by atoms with Crippen molar-refractivity contribution >= 4 is 71.5 Å². The number of carbonyl (C=O) groups excluding carboxylic acids is 5. The zero-order valence-corrected chi connectivity index (χ0v) is 25.4. The Balaban J connectivity index is 0. The van der Waals surface area contributed by atoms with Crippen LogP contribution in [0.4, 0.5) is 0 Å². The van der Waals surface area contributed by atoms with E-state index < -0.39 is 67.3 Å². The Morgan fingerprint density at radius 2 is 1.53 bits per heavy atom. The molecule has 0 aromatic carbocycles. The quantitative estimate of drug-likeness (QED) is 0.0550. The second kappa shape index (κ2) is 16.0. The van der Waals surface area contributed by atoms with Crippen LogP contribution in [0.15, 0.2) is 0 Å². The van der Waals surface area contributed by atoms with Gasteiger partial charge >= 0.3 is 71.1 Å². The van der Waals surface area contributed by atoms with Crippen LogP contribution < -0.4 is 59.1 Å². The number of nitrogens with zero attached hydrogens (tertiary/aromatic N) is 2. The molecule has 3 amide bonds. The van der Waals surface area contributed by atoms with Crippen molar-refractivity contribution in [3.8, 4) is 0 Å². The Bertz CT molecular complexity index is 989. The molecular weight excluding hydrogens is 566 g/mol. The van der Waals surface area contributed by atoms with Crippen LogP contribution in [0, 0.1) is 0 Å². The van der Waals surface area contributed by atoms with Gasteiger partial charge in [0.25, 0.3) is 17.7 Å². The summed E-state index contributed by atoms with van der Waals surface area (Å²) in [4.78, 5) is 66.8. The van der Waals surface area contributed by atoms with Crippen LogP contribution in [0.1, 0.15) is 19.3 Å². The van der Waals surface area contributed by atoms with E-state index in [2.05, 4.69) is 9.68 Å². The van der Waals surface area contributed by atoms with Gasteiger partial charge in [-0.25, -0.2) is 26.4 Å². The molecule has 1 fully saturated rings. The molecule has 15 nitrogen and oxygen atoms in total. The molecule has 0 radical (unpaired) electrons. The minimum absolute atomic E-state index is 0. The molecule has 0 aliphatic carbocycles. The largest absolute Gasteiger partial charge is 1.00 e. The van der Waals surface area contributed by atoms with Gasteiger partial charge in [-0.05, 0) is 0 Å². The fourth-order valence-electron chi connectivity index (χ4n) is 1.91. The smallest absolute Gasteiger partial charge is 0.748 e. The topological polar surface area (TPSA) is 225 Å². The van der Waals surface area contributed by atoms with Gasteiger partial charge in [-0.15, -0.1) is 5.06 Å². The number of imide groups is 1. The van der Waals surface area contributed by atoms with Crippen molar-refractivity contribution in [1.29, 1.82) is 0 Å². The SMILES string of the molecule is CN(OC(=O)CCSSCCC(=O)ON1C(=O)CC(S(=O)(=O)[O-])C1=O)C(=O)CS(=O)(=O)[O-].[Na+].[Na+]. The summed E-state index contributed by atoms with van der Waals surface area (Å²) in [7, 11) is -6.73. The van der Waals surface area contributed by atoms with E-state index in [1.165, 1.54) is 0 Å². The van der Waals surface area contributed by atoms with Crippen LogP contribution in [0.3, 0.4) is 0 Å². The summed E-state index contributed by atoms with van der Waals surface area (Å²) in [5.41, 5.74) is 0. The maximum Gasteiger partial charge on any atom is 1.00 e. The second-order valence-electron chi connectivity index (χ2n) is 5.88. The van der Waals surface area contributed by atoms with Gasteiger partial charge in [0.1, 0.15) is 31.2 Å². The molecule has 1 unspecified atom stereocenters. The Labute approximate surface area is 246 Å². The van der Waals surface area contributed by atoms with Crippen LogP contribution in [-0.2, 0) is 53.9 Å². The van der Waals surface area contributed by atoms with Gasteiger partial charge in [-0.2, -0.15) is 5.06 Å². The van der Waals surface area contributed by atoms with Crippen LogP contribution in [0.5, 0.6) is 0 Å². The summed E-state index contributed by atoms with van der Waals surface area (Å²) in [6.45, 7) is 0.